The molecule has 0 aliphatic carbocycles. The molecule has 33 heavy (non-hydrogen) atoms. The second-order valence-electron chi connectivity index (χ2n) is 10.2. The van der Waals surface area contributed by atoms with Gasteiger partial charge in [-0.15, -0.1) is 0 Å². The Bertz CT molecular complexity index is 774. The summed E-state index contributed by atoms with van der Waals surface area (Å²) in [5, 5.41) is 0. The number of para-hydroxylation sites is 1. The van der Waals surface area contributed by atoms with E-state index in [9.17, 15) is 14.4 Å². The second kappa shape index (κ2) is 11.2. The molecule has 186 valence electrons. The number of rotatable bonds is 9. The normalized spacial score (nSPS) is 11.9. The van der Waals surface area contributed by atoms with Crippen molar-refractivity contribution in [2.45, 2.75) is 79.1 Å². The van der Waals surface area contributed by atoms with Crippen LogP contribution < -0.4 is 14.2 Å². The van der Waals surface area contributed by atoms with E-state index in [0.29, 0.717) is 0 Å². The van der Waals surface area contributed by atoms with Crippen molar-refractivity contribution in [2.75, 3.05) is 19.8 Å². The van der Waals surface area contributed by atoms with Gasteiger partial charge in [0.25, 0.3) is 0 Å². The van der Waals surface area contributed by atoms with Crippen LogP contribution >= 0.6 is 0 Å². The average Bonchev–Trinajstić information content (AvgIpc) is 2.59. The summed E-state index contributed by atoms with van der Waals surface area (Å²) in [5.41, 5.74) is -2.03. The van der Waals surface area contributed by atoms with Crippen LogP contribution in [0.4, 0.5) is 0 Å². The van der Waals surface area contributed by atoms with Gasteiger partial charge in [-0.1, -0.05) is 6.07 Å². The Morgan fingerprint density at radius 2 is 0.879 bits per heavy atom. The molecule has 0 unspecified atom stereocenters. The zero-order valence-electron chi connectivity index (χ0n) is 21.0. The zero-order chi connectivity index (χ0) is 25.4. The quantitative estimate of drug-likeness (QED) is 0.394. The lowest BCUT2D eigenvalue weighted by atomic mass is 10.2. The number of ether oxygens (including phenoxy) is 6. The molecule has 0 heterocycles. The molecule has 0 aromatic heterocycles. The third kappa shape index (κ3) is 12.6. The molecule has 0 aliphatic heterocycles. The molecule has 1 aromatic carbocycles. The smallest absolute Gasteiger partial charge is 0.344 e. The first-order valence-electron chi connectivity index (χ1n) is 10.6. The summed E-state index contributed by atoms with van der Waals surface area (Å²) in [5.74, 6) is -1.48. The van der Waals surface area contributed by atoms with Gasteiger partial charge in [-0.25, -0.2) is 14.4 Å². The lowest BCUT2D eigenvalue weighted by Crippen LogP contribution is -2.28. The van der Waals surface area contributed by atoms with Crippen molar-refractivity contribution in [1.29, 1.82) is 0 Å². The number of hydrogen-bond donors (Lipinski definition) is 0. The maximum atomic E-state index is 12.1. The molecule has 9 nitrogen and oxygen atoms in total. The van der Waals surface area contributed by atoms with E-state index in [-0.39, 0.29) is 17.2 Å². The van der Waals surface area contributed by atoms with Gasteiger partial charge in [-0.3, -0.25) is 0 Å². The summed E-state index contributed by atoms with van der Waals surface area (Å²) in [7, 11) is 0. The fourth-order valence-electron chi connectivity index (χ4n) is 2.38. The Labute approximate surface area is 195 Å². The van der Waals surface area contributed by atoms with E-state index < -0.39 is 54.5 Å². The Hall–Kier alpha value is -2.97. The van der Waals surface area contributed by atoms with Crippen molar-refractivity contribution in [1.82, 2.24) is 0 Å². The Kier molecular flexibility index (Phi) is 9.57. The molecule has 0 saturated heterocycles. The van der Waals surface area contributed by atoms with E-state index in [2.05, 4.69) is 0 Å². The Morgan fingerprint density at radius 1 is 0.576 bits per heavy atom. The summed E-state index contributed by atoms with van der Waals surface area (Å²) in [6.45, 7) is 14.4. The molecule has 0 amide bonds. The van der Waals surface area contributed by atoms with Crippen LogP contribution in [0.2, 0.25) is 0 Å². The third-order valence-electron chi connectivity index (χ3n) is 3.23. The van der Waals surface area contributed by atoms with Gasteiger partial charge in [0.15, 0.2) is 31.3 Å². The third-order valence-corrected chi connectivity index (χ3v) is 3.23. The van der Waals surface area contributed by atoms with Gasteiger partial charge in [0.2, 0.25) is 5.75 Å². The molecular weight excluding hydrogens is 432 g/mol. The van der Waals surface area contributed by atoms with E-state index in [1.54, 1.807) is 68.4 Å². The highest BCUT2D eigenvalue weighted by Gasteiger charge is 2.23. The molecule has 0 spiro atoms. The summed E-state index contributed by atoms with van der Waals surface area (Å²) in [6, 6.07) is 4.67. The predicted octanol–water partition coefficient (Wildman–Crippen LogP) is 3.85. The molecule has 0 atom stereocenters. The van der Waals surface area contributed by atoms with E-state index in [4.69, 9.17) is 28.4 Å². The minimum Gasteiger partial charge on any atom is -0.478 e. The van der Waals surface area contributed by atoms with Gasteiger partial charge in [0.1, 0.15) is 16.8 Å². The van der Waals surface area contributed by atoms with E-state index >= 15 is 0 Å². The van der Waals surface area contributed by atoms with Crippen molar-refractivity contribution in [3.05, 3.63) is 18.2 Å². The van der Waals surface area contributed by atoms with Crippen LogP contribution in [-0.2, 0) is 28.6 Å². The molecular formula is C24H36O9. The first-order valence-corrected chi connectivity index (χ1v) is 10.6. The topological polar surface area (TPSA) is 107 Å². The summed E-state index contributed by atoms with van der Waals surface area (Å²) in [6.07, 6.45) is 0. The van der Waals surface area contributed by atoms with Crippen LogP contribution in [0.3, 0.4) is 0 Å². The standard InChI is InChI=1S/C24H36O9/c1-22(2,3)31-18(25)13-28-16-11-10-12-17(29-14-19(26)32-23(4,5)6)21(16)30-15-20(27)33-24(7,8)9/h10-12H,13-15H2,1-9H3. The second-order valence-corrected chi connectivity index (χ2v) is 10.2. The molecule has 0 bridgehead atoms. The molecule has 1 rings (SSSR count). The minimum atomic E-state index is -0.691. The molecule has 0 aliphatic rings. The average molecular weight is 469 g/mol. The molecule has 0 fully saturated rings. The van der Waals surface area contributed by atoms with Crippen LogP contribution in [0.15, 0.2) is 18.2 Å². The van der Waals surface area contributed by atoms with Crippen molar-refractivity contribution in [3.8, 4) is 17.2 Å². The van der Waals surface area contributed by atoms with Crippen molar-refractivity contribution >= 4 is 17.9 Å². The van der Waals surface area contributed by atoms with Crippen LogP contribution in [0.1, 0.15) is 62.3 Å². The SMILES string of the molecule is CC(C)(C)OC(=O)COc1cccc(OCC(=O)OC(C)(C)C)c1OCC(=O)OC(C)(C)C. The fraction of sp³-hybridized carbons (Fsp3) is 0.625. The summed E-state index contributed by atoms with van der Waals surface area (Å²) < 4.78 is 32.5. The first-order chi connectivity index (χ1) is 15.0. The molecule has 1 aromatic rings. The van der Waals surface area contributed by atoms with Gasteiger partial charge >= 0.3 is 17.9 Å². The summed E-state index contributed by atoms with van der Waals surface area (Å²) >= 11 is 0. The van der Waals surface area contributed by atoms with Crippen molar-refractivity contribution in [2.24, 2.45) is 0 Å². The van der Waals surface area contributed by atoms with Gasteiger partial charge in [0.05, 0.1) is 0 Å². The number of hydrogen-bond acceptors (Lipinski definition) is 9. The minimum absolute atomic E-state index is 0.0375. The lowest BCUT2D eigenvalue weighted by Gasteiger charge is -2.22. The van der Waals surface area contributed by atoms with Crippen molar-refractivity contribution in [3.63, 3.8) is 0 Å². The number of benzene rings is 1. The Balaban J connectivity index is 3.01. The Morgan fingerprint density at radius 3 is 1.18 bits per heavy atom. The van der Waals surface area contributed by atoms with Crippen LogP contribution in [-0.4, -0.2) is 54.5 Å². The van der Waals surface area contributed by atoms with E-state index in [1.165, 1.54) is 12.1 Å². The largest absolute Gasteiger partial charge is 0.478 e. The highest BCUT2D eigenvalue weighted by atomic mass is 16.6. The molecule has 0 N–H and O–H groups in total. The van der Waals surface area contributed by atoms with E-state index in [1.807, 2.05) is 0 Å². The predicted molar refractivity (Wildman–Crippen MR) is 120 cm³/mol. The maximum Gasteiger partial charge on any atom is 0.344 e. The van der Waals surface area contributed by atoms with Gasteiger partial charge < -0.3 is 28.4 Å². The molecule has 0 radical (unpaired) electrons. The van der Waals surface area contributed by atoms with Crippen LogP contribution in [0, 0.1) is 0 Å². The van der Waals surface area contributed by atoms with Crippen LogP contribution in [0.5, 0.6) is 17.2 Å². The fourth-order valence-corrected chi connectivity index (χ4v) is 2.38. The highest BCUT2D eigenvalue weighted by molar-refractivity contribution is 5.73. The van der Waals surface area contributed by atoms with Crippen molar-refractivity contribution < 1.29 is 42.8 Å². The maximum absolute atomic E-state index is 12.1. The lowest BCUT2D eigenvalue weighted by molar-refractivity contribution is -0.159. The van der Waals surface area contributed by atoms with E-state index in [0.717, 1.165) is 0 Å². The van der Waals surface area contributed by atoms with Crippen LogP contribution in [0.25, 0.3) is 0 Å². The molecule has 9 heteroatoms. The highest BCUT2D eigenvalue weighted by Crippen LogP contribution is 2.37. The monoisotopic (exact) mass is 468 g/mol. The number of carbonyl (C=O) groups is 3. The first kappa shape index (κ1) is 28.1. The number of esters is 3. The number of carbonyl (C=O) groups excluding carboxylic acids is 3. The van der Waals surface area contributed by atoms with Gasteiger partial charge in [-0.05, 0) is 74.4 Å². The zero-order valence-corrected chi connectivity index (χ0v) is 21.0. The van der Waals surface area contributed by atoms with Gasteiger partial charge in [-0.2, -0.15) is 0 Å². The van der Waals surface area contributed by atoms with Gasteiger partial charge in [0, 0.05) is 0 Å². The summed E-state index contributed by atoms with van der Waals surface area (Å²) in [4.78, 5) is 36.2. The molecule has 0 saturated carbocycles.